The number of rotatable bonds is 4. The molecule has 0 aromatic heterocycles. The Morgan fingerprint density at radius 2 is 1.85 bits per heavy atom. The Bertz CT molecular complexity index is 696. The lowest BCUT2D eigenvalue weighted by Gasteiger charge is -2.42. The van der Waals surface area contributed by atoms with Gasteiger partial charge in [0.25, 0.3) is 0 Å². The van der Waals surface area contributed by atoms with Crippen LogP contribution in [0.4, 0.5) is 0 Å². The van der Waals surface area contributed by atoms with Crippen molar-refractivity contribution in [1.29, 1.82) is 0 Å². The van der Waals surface area contributed by atoms with Gasteiger partial charge in [-0.1, -0.05) is 12.1 Å². The molecule has 0 aliphatic carbocycles. The largest absolute Gasteiger partial charge is 0.497 e. The van der Waals surface area contributed by atoms with E-state index in [1.165, 1.54) is 0 Å². The topological polar surface area (TPSA) is 105 Å². The summed E-state index contributed by atoms with van der Waals surface area (Å²) in [6.07, 6.45) is 1.07. The van der Waals surface area contributed by atoms with Crippen LogP contribution in [0.2, 0.25) is 0 Å². The van der Waals surface area contributed by atoms with E-state index in [0.717, 1.165) is 11.3 Å². The molecule has 0 saturated carbocycles. The van der Waals surface area contributed by atoms with E-state index in [0.29, 0.717) is 25.9 Å². The van der Waals surface area contributed by atoms with Gasteiger partial charge in [-0.2, -0.15) is 0 Å². The first-order chi connectivity index (χ1) is 12.5. The van der Waals surface area contributed by atoms with Gasteiger partial charge in [-0.05, 0) is 30.5 Å². The molecule has 0 atom stereocenters. The number of piperidine rings is 1. The summed E-state index contributed by atoms with van der Waals surface area (Å²) in [5.41, 5.74) is 5.41. The Labute approximate surface area is 152 Å². The summed E-state index contributed by atoms with van der Waals surface area (Å²) in [5, 5.41) is 2.79. The minimum Gasteiger partial charge on any atom is -0.497 e. The summed E-state index contributed by atoms with van der Waals surface area (Å²) in [6.45, 7) is 1.02. The van der Waals surface area contributed by atoms with Gasteiger partial charge in [0, 0.05) is 13.1 Å². The average Bonchev–Trinajstić information content (AvgIpc) is 2.98. The molecule has 26 heavy (non-hydrogen) atoms. The molecule has 3 N–H and O–H groups in total. The standard InChI is InChI=1S/C18H24N4O4/c1-26-14-4-2-13(3-5-14)10-15(23)22-12-20-17(25)18(22)6-8-21(9-7-18)16(24)11-19/h2-5H,6-12,19H2,1H3,(H,20,25). The maximum atomic E-state index is 12.9. The number of hydrogen-bond acceptors (Lipinski definition) is 5. The highest BCUT2D eigenvalue weighted by molar-refractivity contribution is 5.95. The number of nitrogens with one attached hydrogen (secondary N) is 1. The molecule has 140 valence electrons. The molecule has 8 heteroatoms. The fraction of sp³-hybridized carbons (Fsp3) is 0.500. The molecule has 2 saturated heterocycles. The number of methoxy groups -OCH3 is 1. The Kier molecular flexibility index (Phi) is 5.13. The molecule has 1 spiro atoms. The molecular weight excluding hydrogens is 336 g/mol. The summed E-state index contributed by atoms with van der Waals surface area (Å²) in [7, 11) is 1.59. The zero-order chi connectivity index (χ0) is 18.7. The third-order valence-corrected chi connectivity index (χ3v) is 5.27. The van der Waals surface area contributed by atoms with Crippen molar-refractivity contribution >= 4 is 17.7 Å². The van der Waals surface area contributed by atoms with Gasteiger partial charge < -0.3 is 25.6 Å². The van der Waals surface area contributed by atoms with Crippen molar-refractivity contribution in [3.63, 3.8) is 0 Å². The van der Waals surface area contributed by atoms with Crippen LogP contribution in [0.5, 0.6) is 5.75 Å². The number of carbonyl (C=O) groups excluding carboxylic acids is 3. The van der Waals surface area contributed by atoms with Crippen molar-refractivity contribution < 1.29 is 19.1 Å². The summed E-state index contributed by atoms with van der Waals surface area (Å²) < 4.78 is 5.13. The molecule has 0 radical (unpaired) electrons. The highest BCUT2D eigenvalue weighted by Gasteiger charge is 2.52. The van der Waals surface area contributed by atoms with Crippen LogP contribution < -0.4 is 15.8 Å². The van der Waals surface area contributed by atoms with Crippen LogP contribution in [0, 0.1) is 0 Å². The Hall–Kier alpha value is -2.61. The van der Waals surface area contributed by atoms with E-state index in [1.807, 2.05) is 24.3 Å². The molecule has 2 heterocycles. The van der Waals surface area contributed by atoms with Gasteiger partial charge in [0.1, 0.15) is 11.3 Å². The summed E-state index contributed by atoms with van der Waals surface area (Å²) in [5.74, 6) is 0.356. The number of hydrogen-bond donors (Lipinski definition) is 2. The van der Waals surface area contributed by atoms with Crippen LogP contribution >= 0.6 is 0 Å². The third kappa shape index (κ3) is 3.24. The number of ether oxygens (including phenoxy) is 1. The predicted octanol–water partition coefficient (Wildman–Crippen LogP) is -0.526. The lowest BCUT2D eigenvalue weighted by Crippen LogP contribution is -2.59. The first-order valence-corrected chi connectivity index (χ1v) is 8.70. The summed E-state index contributed by atoms with van der Waals surface area (Å²) in [6, 6.07) is 7.31. The van der Waals surface area contributed by atoms with Crippen LogP contribution in [0.3, 0.4) is 0 Å². The maximum Gasteiger partial charge on any atom is 0.247 e. The first-order valence-electron chi connectivity index (χ1n) is 8.70. The van der Waals surface area contributed by atoms with E-state index in [9.17, 15) is 14.4 Å². The van der Waals surface area contributed by atoms with Crippen LogP contribution in [-0.2, 0) is 20.8 Å². The highest BCUT2D eigenvalue weighted by atomic mass is 16.5. The summed E-state index contributed by atoms with van der Waals surface area (Å²) >= 11 is 0. The molecule has 2 aliphatic heterocycles. The van der Waals surface area contributed by atoms with E-state index in [4.69, 9.17) is 10.5 Å². The molecular formula is C18H24N4O4. The minimum atomic E-state index is -0.866. The maximum absolute atomic E-state index is 12.9. The lowest BCUT2D eigenvalue weighted by atomic mass is 9.85. The Balaban J connectivity index is 1.71. The minimum absolute atomic E-state index is 0.0424. The molecule has 2 aliphatic rings. The monoisotopic (exact) mass is 360 g/mol. The van der Waals surface area contributed by atoms with Crippen molar-refractivity contribution in [2.45, 2.75) is 24.8 Å². The van der Waals surface area contributed by atoms with Crippen molar-refractivity contribution in [3.8, 4) is 5.75 Å². The zero-order valence-corrected chi connectivity index (χ0v) is 14.9. The molecule has 2 fully saturated rings. The lowest BCUT2D eigenvalue weighted by molar-refractivity contribution is -0.145. The number of nitrogens with zero attached hydrogens (tertiary/aromatic N) is 2. The number of benzene rings is 1. The van der Waals surface area contributed by atoms with Crippen molar-refractivity contribution in [3.05, 3.63) is 29.8 Å². The van der Waals surface area contributed by atoms with Crippen molar-refractivity contribution in [2.75, 3.05) is 33.4 Å². The van der Waals surface area contributed by atoms with E-state index >= 15 is 0 Å². The second-order valence-corrected chi connectivity index (χ2v) is 6.63. The fourth-order valence-electron chi connectivity index (χ4n) is 3.68. The Morgan fingerprint density at radius 3 is 2.42 bits per heavy atom. The quantitative estimate of drug-likeness (QED) is 0.751. The van der Waals surface area contributed by atoms with E-state index in [1.54, 1.807) is 16.9 Å². The van der Waals surface area contributed by atoms with Gasteiger partial charge >= 0.3 is 0 Å². The Morgan fingerprint density at radius 1 is 1.19 bits per heavy atom. The second kappa shape index (κ2) is 7.33. The van der Waals surface area contributed by atoms with E-state index in [2.05, 4.69) is 5.32 Å². The van der Waals surface area contributed by atoms with Crippen LogP contribution in [-0.4, -0.2) is 66.5 Å². The van der Waals surface area contributed by atoms with Crippen LogP contribution in [0.25, 0.3) is 0 Å². The molecule has 3 amide bonds. The van der Waals surface area contributed by atoms with Gasteiger partial charge in [-0.15, -0.1) is 0 Å². The van der Waals surface area contributed by atoms with E-state index < -0.39 is 5.54 Å². The van der Waals surface area contributed by atoms with Crippen LogP contribution in [0.1, 0.15) is 18.4 Å². The number of likely N-dealkylation sites (tertiary alicyclic amines) is 1. The third-order valence-electron chi connectivity index (χ3n) is 5.27. The summed E-state index contributed by atoms with van der Waals surface area (Å²) in [4.78, 5) is 40.4. The smallest absolute Gasteiger partial charge is 0.247 e. The molecule has 0 bridgehead atoms. The highest BCUT2D eigenvalue weighted by Crippen LogP contribution is 2.33. The average molecular weight is 360 g/mol. The molecule has 0 unspecified atom stereocenters. The van der Waals surface area contributed by atoms with Gasteiger partial charge in [-0.3, -0.25) is 14.4 Å². The molecule has 3 rings (SSSR count). The second-order valence-electron chi connectivity index (χ2n) is 6.63. The molecule has 1 aromatic rings. The van der Waals surface area contributed by atoms with Gasteiger partial charge in [0.15, 0.2) is 0 Å². The number of nitrogens with two attached hydrogens (primary N) is 1. The van der Waals surface area contributed by atoms with Crippen molar-refractivity contribution in [1.82, 2.24) is 15.1 Å². The van der Waals surface area contributed by atoms with E-state index in [-0.39, 0.29) is 37.4 Å². The predicted molar refractivity (Wildman–Crippen MR) is 94.2 cm³/mol. The molecule has 8 nitrogen and oxygen atoms in total. The normalized spacial score (nSPS) is 18.8. The van der Waals surface area contributed by atoms with Gasteiger partial charge in [-0.25, -0.2) is 0 Å². The van der Waals surface area contributed by atoms with Gasteiger partial charge in [0.05, 0.1) is 26.7 Å². The zero-order valence-electron chi connectivity index (χ0n) is 14.9. The molecule has 1 aromatic carbocycles. The SMILES string of the molecule is COc1ccc(CC(=O)N2CNC(=O)C23CCN(C(=O)CN)CC3)cc1. The fourth-order valence-corrected chi connectivity index (χ4v) is 3.68. The van der Waals surface area contributed by atoms with Gasteiger partial charge in [0.2, 0.25) is 17.7 Å². The number of amides is 3. The van der Waals surface area contributed by atoms with Crippen LogP contribution in [0.15, 0.2) is 24.3 Å². The number of carbonyl (C=O) groups is 3. The first kappa shape index (κ1) is 18.2. The van der Waals surface area contributed by atoms with Crippen molar-refractivity contribution in [2.24, 2.45) is 5.73 Å².